The number of nitrogens with two attached hydrogens (primary N) is 1. The standard InChI is InChI=1S/C20H28N4O2/c1-13-5-7-14(8-6-13)24-18(11-17(23-24)20(2,3)4)22-19(25)16-10-9-15(12-21)26-16/h5-8,11,15-16H,9-10,12,21H2,1-4H3,(H,22,25)/t15-,16+/m1/s1. The normalized spacial score (nSPS) is 20.3. The van der Waals surface area contributed by atoms with Crippen molar-refractivity contribution < 1.29 is 9.53 Å². The highest BCUT2D eigenvalue weighted by atomic mass is 16.5. The molecule has 1 saturated heterocycles. The minimum absolute atomic E-state index is 0.0297. The summed E-state index contributed by atoms with van der Waals surface area (Å²) in [5.74, 6) is 0.512. The van der Waals surface area contributed by atoms with E-state index in [0.717, 1.165) is 17.8 Å². The van der Waals surface area contributed by atoms with E-state index in [1.54, 1.807) is 4.68 Å². The second kappa shape index (κ2) is 7.21. The molecule has 0 saturated carbocycles. The molecule has 140 valence electrons. The Hall–Kier alpha value is -2.18. The van der Waals surface area contributed by atoms with Crippen LogP contribution in [0.1, 0.15) is 44.9 Å². The van der Waals surface area contributed by atoms with Gasteiger partial charge >= 0.3 is 0 Å². The monoisotopic (exact) mass is 356 g/mol. The summed E-state index contributed by atoms with van der Waals surface area (Å²) in [6.45, 7) is 8.80. The maximum Gasteiger partial charge on any atom is 0.254 e. The first-order chi connectivity index (χ1) is 12.3. The van der Waals surface area contributed by atoms with Crippen LogP contribution in [-0.4, -0.2) is 34.4 Å². The fourth-order valence-corrected chi connectivity index (χ4v) is 3.00. The van der Waals surface area contributed by atoms with Gasteiger partial charge in [0.25, 0.3) is 5.91 Å². The van der Waals surface area contributed by atoms with Gasteiger partial charge in [0.15, 0.2) is 0 Å². The highest BCUT2D eigenvalue weighted by Crippen LogP contribution is 2.27. The van der Waals surface area contributed by atoms with Crippen LogP contribution >= 0.6 is 0 Å². The van der Waals surface area contributed by atoms with Crippen molar-refractivity contribution in [2.24, 2.45) is 5.73 Å². The Morgan fingerprint density at radius 3 is 2.58 bits per heavy atom. The van der Waals surface area contributed by atoms with E-state index in [1.165, 1.54) is 5.56 Å². The number of carbonyl (C=O) groups is 1. The number of hydrogen-bond donors (Lipinski definition) is 2. The Morgan fingerprint density at radius 2 is 2.00 bits per heavy atom. The van der Waals surface area contributed by atoms with Crippen LogP contribution in [0.5, 0.6) is 0 Å². The Morgan fingerprint density at radius 1 is 1.31 bits per heavy atom. The quantitative estimate of drug-likeness (QED) is 0.882. The van der Waals surface area contributed by atoms with Crippen LogP contribution in [0.2, 0.25) is 0 Å². The zero-order valence-corrected chi connectivity index (χ0v) is 16.0. The number of carbonyl (C=O) groups excluding carboxylic acids is 1. The van der Waals surface area contributed by atoms with Crippen LogP contribution in [0.25, 0.3) is 5.69 Å². The lowest BCUT2D eigenvalue weighted by molar-refractivity contribution is -0.126. The Kier molecular flexibility index (Phi) is 5.16. The molecule has 0 spiro atoms. The zero-order valence-electron chi connectivity index (χ0n) is 16.0. The number of nitrogens with one attached hydrogen (secondary N) is 1. The van der Waals surface area contributed by atoms with Crippen molar-refractivity contribution in [3.05, 3.63) is 41.6 Å². The molecule has 3 rings (SSSR count). The van der Waals surface area contributed by atoms with Gasteiger partial charge in [-0.3, -0.25) is 4.79 Å². The molecule has 6 nitrogen and oxygen atoms in total. The van der Waals surface area contributed by atoms with E-state index in [9.17, 15) is 4.79 Å². The van der Waals surface area contributed by atoms with Gasteiger partial charge in [-0.2, -0.15) is 5.10 Å². The number of rotatable bonds is 4. The van der Waals surface area contributed by atoms with Gasteiger partial charge in [0.05, 0.1) is 17.5 Å². The smallest absolute Gasteiger partial charge is 0.254 e. The molecule has 1 aromatic carbocycles. The molecule has 2 heterocycles. The molecule has 0 aliphatic carbocycles. The fraction of sp³-hybridized carbons (Fsp3) is 0.500. The van der Waals surface area contributed by atoms with E-state index >= 15 is 0 Å². The summed E-state index contributed by atoms with van der Waals surface area (Å²) in [6.07, 6.45) is 1.03. The van der Waals surface area contributed by atoms with E-state index in [1.807, 2.05) is 37.3 Å². The molecule has 26 heavy (non-hydrogen) atoms. The first-order valence-electron chi connectivity index (χ1n) is 9.12. The molecule has 1 aliphatic heterocycles. The molecule has 6 heteroatoms. The largest absolute Gasteiger partial charge is 0.364 e. The van der Waals surface area contributed by atoms with Crippen molar-refractivity contribution in [2.75, 3.05) is 11.9 Å². The molecule has 0 bridgehead atoms. The predicted octanol–water partition coefficient (Wildman–Crippen LogP) is 2.92. The summed E-state index contributed by atoms with van der Waals surface area (Å²) in [4.78, 5) is 12.7. The first-order valence-corrected chi connectivity index (χ1v) is 9.12. The van der Waals surface area contributed by atoms with Gasteiger partial charge in [0.2, 0.25) is 0 Å². The topological polar surface area (TPSA) is 82.2 Å². The minimum Gasteiger partial charge on any atom is -0.364 e. The Balaban J connectivity index is 1.88. The van der Waals surface area contributed by atoms with E-state index in [2.05, 4.69) is 26.1 Å². The average molecular weight is 356 g/mol. The summed E-state index contributed by atoms with van der Waals surface area (Å²) in [7, 11) is 0. The number of hydrogen-bond acceptors (Lipinski definition) is 4. The third kappa shape index (κ3) is 3.97. The van der Waals surface area contributed by atoms with Crippen molar-refractivity contribution in [1.82, 2.24) is 9.78 Å². The van der Waals surface area contributed by atoms with Crippen LogP contribution in [0.15, 0.2) is 30.3 Å². The molecule has 1 fully saturated rings. The van der Waals surface area contributed by atoms with Crippen molar-refractivity contribution in [2.45, 2.75) is 58.2 Å². The summed E-state index contributed by atoms with van der Waals surface area (Å²) in [5.41, 5.74) is 8.52. The maximum atomic E-state index is 12.7. The van der Waals surface area contributed by atoms with Gasteiger partial charge < -0.3 is 15.8 Å². The second-order valence-corrected chi connectivity index (χ2v) is 7.96. The highest BCUT2D eigenvalue weighted by Gasteiger charge is 2.31. The van der Waals surface area contributed by atoms with Gasteiger partial charge in [-0.15, -0.1) is 0 Å². The predicted molar refractivity (Wildman–Crippen MR) is 103 cm³/mol. The molecule has 1 aliphatic rings. The lowest BCUT2D eigenvalue weighted by atomic mass is 9.92. The molecule has 2 aromatic rings. The lowest BCUT2D eigenvalue weighted by Crippen LogP contribution is -2.30. The van der Waals surface area contributed by atoms with Crippen LogP contribution in [-0.2, 0) is 14.9 Å². The molecule has 0 unspecified atom stereocenters. The molecule has 2 atom stereocenters. The number of aromatic nitrogens is 2. The van der Waals surface area contributed by atoms with E-state index in [0.29, 0.717) is 18.8 Å². The number of ether oxygens (including phenoxy) is 1. The van der Waals surface area contributed by atoms with Gasteiger partial charge in [-0.05, 0) is 31.9 Å². The summed E-state index contributed by atoms with van der Waals surface area (Å²) in [5, 5.41) is 7.73. The van der Waals surface area contributed by atoms with Gasteiger partial charge in [0.1, 0.15) is 11.9 Å². The van der Waals surface area contributed by atoms with Crippen molar-refractivity contribution in [3.8, 4) is 5.69 Å². The number of benzene rings is 1. The Bertz CT molecular complexity index is 774. The summed E-state index contributed by atoms with van der Waals surface area (Å²) >= 11 is 0. The first kappa shape index (κ1) is 18.6. The van der Waals surface area contributed by atoms with Gasteiger partial charge in [-0.1, -0.05) is 38.5 Å². The van der Waals surface area contributed by atoms with Crippen LogP contribution < -0.4 is 11.1 Å². The van der Waals surface area contributed by atoms with E-state index in [-0.39, 0.29) is 17.4 Å². The third-order valence-electron chi connectivity index (χ3n) is 4.67. The van der Waals surface area contributed by atoms with Gasteiger partial charge in [-0.25, -0.2) is 4.68 Å². The number of aryl methyl sites for hydroxylation is 1. The molecular weight excluding hydrogens is 328 g/mol. The summed E-state index contributed by atoms with van der Waals surface area (Å²) < 4.78 is 7.50. The molecule has 1 amide bonds. The van der Waals surface area contributed by atoms with Crippen LogP contribution in [0.4, 0.5) is 5.82 Å². The fourth-order valence-electron chi connectivity index (χ4n) is 3.00. The van der Waals surface area contributed by atoms with Crippen molar-refractivity contribution in [1.29, 1.82) is 0 Å². The number of anilines is 1. The molecule has 1 aromatic heterocycles. The maximum absolute atomic E-state index is 12.7. The highest BCUT2D eigenvalue weighted by molar-refractivity contribution is 5.94. The van der Waals surface area contributed by atoms with E-state index < -0.39 is 6.10 Å². The average Bonchev–Trinajstić information content (AvgIpc) is 3.22. The van der Waals surface area contributed by atoms with Crippen molar-refractivity contribution >= 4 is 11.7 Å². The van der Waals surface area contributed by atoms with Crippen LogP contribution in [0.3, 0.4) is 0 Å². The minimum atomic E-state index is -0.456. The summed E-state index contributed by atoms with van der Waals surface area (Å²) in [6, 6.07) is 10.0. The third-order valence-corrected chi connectivity index (χ3v) is 4.67. The lowest BCUT2D eigenvalue weighted by Gasteiger charge is -2.14. The van der Waals surface area contributed by atoms with E-state index in [4.69, 9.17) is 15.6 Å². The SMILES string of the molecule is Cc1ccc(-n2nc(C(C)(C)C)cc2NC(=O)[C@@H]2CC[C@H](CN)O2)cc1. The van der Waals surface area contributed by atoms with Crippen LogP contribution in [0, 0.1) is 6.92 Å². The molecular formula is C20H28N4O2. The van der Waals surface area contributed by atoms with Gasteiger partial charge in [0, 0.05) is 18.0 Å². The molecule has 3 N–H and O–H groups in total. The van der Waals surface area contributed by atoms with Crippen molar-refractivity contribution in [3.63, 3.8) is 0 Å². The molecule has 0 radical (unpaired) electrons. The number of amides is 1. The second-order valence-electron chi connectivity index (χ2n) is 7.96. The number of nitrogens with zero attached hydrogens (tertiary/aromatic N) is 2. The zero-order chi connectivity index (χ0) is 18.9. The Labute approximate surface area is 154 Å².